The molecule has 30 heavy (non-hydrogen) atoms. The van der Waals surface area contributed by atoms with Crippen LogP contribution in [-0.2, 0) is 4.79 Å². The summed E-state index contributed by atoms with van der Waals surface area (Å²) in [7, 11) is 0. The monoisotopic (exact) mass is 412 g/mol. The Morgan fingerprint density at radius 1 is 1.03 bits per heavy atom. The minimum absolute atomic E-state index is 0.327. The lowest BCUT2D eigenvalue weighted by Crippen LogP contribution is -2.50. The second-order valence-corrected chi connectivity index (χ2v) is 12.7. The van der Waals surface area contributed by atoms with Crippen LogP contribution in [0, 0.1) is 52.3 Å². The molecule has 0 radical (unpaired) electrons. The van der Waals surface area contributed by atoms with Gasteiger partial charge >= 0.3 is 0 Å². The van der Waals surface area contributed by atoms with Crippen molar-refractivity contribution in [3.8, 4) is 0 Å². The maximum absolute atomic E-state index is 12.1. The molecule has 0 amide bonds. The van der Waals surface area contributed by atoms with E-state index in [1.54, 1.807) is 0 Å². The second-order valence-electron chi connectivity index (χ2n) is 12.7. The Balaban J connectivity index is 1.48. The van der Waals surface area contributed by atoms with Crippen molar-refractivity contribution in [2.24, 2.45) is 52.3 Å². The third kappa shape index (κ3) is 3.65. The maximum Gasteiger partial charge on any atom is 0.136 e. The van der Waals surface area contributed by atoms with Crippen molar-refractivity contribution in [3.63, 3.8) is 0 Å². The summed E-state index contributed by atoms with van der Waals surface area (Å²) in [5, 5.41) is 0. The molecule has 0 heterocycles. The molecule has 3 saturated carbocycles. The summed E-state index contributed by atoms with van der Waals surface area (Å²) in [6, 6.07) is 0. The number of carbonyl (C=O) groups is 1. The van der Waals surface area contributed by atoms with Crippen LogP contribution in [0.25, 0.3) is 0 Å². The van der Waals surface area contributed by atoms with Crippen molar-refractivity contribution in [2.45, 2.75) is 112 Å². The highest BCUT2D eigenvalue weighted by molar-refractivity contribution is 5.82. The van der Waals surface area contributed by atoms with Gasteiger partial charge in [-0.05, 0) is 97.2 Å². The summed E-state index contributed by atoms with van der Waals surface area (Å²) < 4.78 is 0. The number of ketones is 1. The zero-order chi connectivity index (χ0) is 21.7. The van der Waals surface area contributed by atoms with E-state index in [0.717, 1.165) is 60.7 Å². The highest BCUT2D eigenvalue weighted by atomic mass is 16.1. The number of Topliss-reactive ketones (excluding diaryl/α,β-unsaturated/α-hetero) is 1. The van der Waals surface area contributed by atoms with Crippen molar-refractivity contribution >= 4 is 5.78 Å². The molecule has 4 aliphatic carbocycles. The Hall–Kier alpha value is -0.590. The van der Waals surface area contributed by atoms with Gasteiger partial charge in [-0.2, -0.15) is 0 Å². The van der Waals surface area contributed by atoms with E-state index >= 15 is 0 Å². The number of hydrogen-bond donors (Lipinski definition) is 0. The van der Waals surface area contributed by atoms with Gasteiger partial charge in [-0.25, -0.2) is 0 Å². The Morgan fingerprint density at radius 2 is 1.80 bits per heavy atom. The van der Waals surface area contributed by atoms with Crippen LogP contribution in [0.3, 0.4) is 0 Å². The van der Waals surface area contributed by atoms with Crippen molar-refractivity contribution < 1.29 is 4.79 Å². The van der Waals surface area contributed by atoms with E-state index in [0.29, 0.717) is 16.6 Å². The van der Waals surface area contributed by atoms with Gasteiger partial charge in [0.05, 0.1) is 0 Å². The van der Waals surface area contributed by atoms with Crippen LogP contribution >= 0.6 is 0 Å². The Morgan fingerprint density at radius 3 is 2.50 bits per heavy atom. The first-order valence-electron chi connectivity index (χ1n) is 13.4. The Kier molecular flexibility index (Phi) is 6.33. The summed E-state index contributed by atoms with van der Waals surface area (Å²) >= 11 is 0. The van der Waals surface area contributed by atoms with Gasteiger partial charge in [-0.15, -0.1) is 0 Å². The average molecular weight is 413 g/mol. The van der Waals surface area contributed by atoms with Crippen molar-refractivity contribution in [1.82, 2.24) is 0 Å². The quantitative estimate of drug-likeness (QED) is 0.401. The number of allylic oxidation sites excluding steroid dienone is 2. The predicted molar refractivity (Wildman–Crippen MR) is 127 cm³/mol. The van der Waals surface area contributed by atoms with Crippen LogP contribution in [0.1, 0.15) is 112 Å². The Labute approximate surface area is 186 Å². The van der Waals surface area contributed by atoms with Crippen molar-refractivity contribution in [1.29, 1.82) is 0 Å². The van der Waals surface area contributed by atoms with Crippen LogP contribution in [0.4, 0.5) is 0 Å². The molecule has 0 spiro atoms. The van der Waals surface area contributed by atoms with Gasteiger partial charge in [-0.1, -0.05) is 66.0 Å². The molecule has 170 valence electrons. The van der Waals surface area contributed by atoms with Crippen LogP contribution in [0.5, 0.6) is 0 Å². The molecule has 1 heteroatoms. The molecule has 0 aromatic rings. The number of fused-ring (bicyclic) bond motifs is 5. The van der Waals surface area contributed by atoms with Gasteiger partial charge in [-0.3, -0.25) is 4.79 Å². The zero-order valence-electron chi connectivity index (χ0n) is 20.8. The fraction of sp³-hybridized carbons (Fsp3) is 0.897. The molecule has 1 unspecified atom stereocenters. The average Bonchev–Trinajstić information content (AvgIpc) is 3.06. The van der Waals surface area contributed by atoms with Crippen LogP contribution < -0.4 is 0 Å². The molecule has 4 rings (SSSR count). The van der Waals surface area contributed by atoms with Gasteiger partial charge in [0.15, 0.2) is 0 Å². The third-order valence-electron chi connectivity index (χ3n) is 11.2. The van der Waals surface area contributed by atoms with Gasteiger partial charge in [0, 0.05) is 12.8 Å². The third-order valence-corrected chi connectivity index (χ3v) is 11.2. The predicted octanol–water partition coefficient (Wildman–Crippen LogP) is 8.23. The normalized spacial score (nSPS) is 42.9. The van der Waals surface area contributed by atoms with Crippen LogP contribution in [0.15, 0.2) is 11.6 Å². The second kappa shape index (κ2) is 8.40. The Bertz CT molecular complexity index is 674. The van der Waals surface area contributed by atoms with Crippen LogP contribution in [-0.4, -0.2) is 5.78 Å². The summed E-state index contributed by atoms with van der Waals surface area (Å²) in [6.45, 7) is 15.0. The molecule has 8 atom stereocenters. The minimum atomic E-state index is 0.327. The first-order chi connectivity index (χ1) is 14.2. The molecule has 0 aliphatic heterocycles. The molecule has 0 bridgehead atoms. The SMILES string of the molecule is CCC(CC[C@@H](C)[C@H]1CC[C@H]2[C@@H]3CC=C4CC(=O)CC[C@]4(C)[C@H]3CC[C@]12C)C(C)C. The van der Waals surface area contributed by atoms with E-state index in [2.05, 4.69) is 47.6 Å². The largest absolute Gasteiger partial charge is 0.299 e. The standard InChI is InChI=1S/C29H48O/c1-7-21(19(2)3)9-8-20(4)25-12-13-26-24-11-10-22-18-23(30)14-16-28(22,5)27(24)15-17-29(25,26)6/h10,19-21,24-27H,7-9,11-18H2,1-6H3/t20-,21?,24+,25-,26+,27+,28+,29-/m1/s1. The maximum atomic E-state index is 12.1. The van der Waals surface area contributed by atoms with E-state index in [1.165, 1.54) is 56.9 Å². The first-order valence-corrected chi connectivity index (χ1v) is 13.4. The molecule has 0 aromatic heterocycles. The lowest BCUT2D eigenvalue weighted by Gasteiger charge is -2.58. The van der Waals surface area contributed by atoms with Gasteiger partial charge in [0.25, 0.3) is 0 Å². The summed E-state index contributed by atoms with van der Waals surface area (Å²) in [5.41, 5.74) is 2.41. The molecule has 0 aromatic carbocycles. The lowest BCUT2D eigenvalue weighted by atomic mass is 9.47. The first kappa shape index (κ1) is 22.6. The van der Waals surface area contributed by atoms with Gasteiger partial charge in [0.1, 0.15) is 5.78 Å². The van der Waals surface area contributed by atoms with E-state index in [-0.39, 0.29) is 0 Å². The number of rotatable bonds is 6. The smallest absolute Gasteiger partial charge is 0.136 e. The fourth-order valence-electron chi connectivity index (χ4n) is 9.14. The van der Waals surface area contributed by atoms with E-state index in [1.807, 2.05) is 0 Å². The van der Waals surface area contributed by atoms with Crippen molar-refractivity contribution in [3.05, 3.63) is 11.6 Å². The minimum Gasteiger partial charge on any atom is -0.299 e. The number of carbonyl (C=O) groups excluding carboxylic acids is 1. The highest BCUT2D eigenvalue weighted by Crippen LogP contribution is 2.67. The van der Waals surface area contributed by atoms with E-state index in [4.69, 9.17) is 0 Å². The van der Waals surface area contributed by atoms with Crippen molar-refractivity contribution in [2.75, 3.05) is 0 Å². The molecule has 0 N–H and O–H groups in total. The van der Waals surface area contributed by atoms with Gasteiger partial charge < -0.3 is 0 Å². The highest BCUT2D eigenvalue weighted by Gasteiger charge is 2.59. The summed E-state index contributed by atoms with van der Waals surface area (Å²) in [4.78, 5) is 12.1. The van der Waals surface area contributed by atoms with E-state index < -0.39 is 0 Å². The molecule has 3 fully saturated rings. The topological polar surface area (TPSA) is 17.1 Å². The lowest BCUT2D eigenvalue weighted by molar-refractivity contribution is -0.122. The summed E-state index contributed by atoms with van der Waals surface area (Å²) in [5.74, 6) is 6.66. The van der Waals surface area contributed by atoms with Gasteiger partial charge in [0.2, 0.25) is 0 Å². The molecule has 4 aliphatic rings. The van der Waals surface area contributed by atoms with Crippen LogP contribution in [0.2, 0.25) is 0 Å². The zero-order valence-corrected chi connectivity index (χ0v) is 20.8. The number of hydrogen-bond acceptors (Lipinski definition) is 1. The molecule has 1 nitrogen and oxygen atoms in total. The molecule has 0 saturated heterocycles. The summed E-state index contributed by atoms with van der Waals surface area (Å²) in [6.07, 6.45) is 16.5. The van der Waals surface area contributed by atoms with E-state index in [9.17, 15) is 4.79 Å². The molecular formula is C29H48O. The fourth-order valence-corrected chi connectivity index (χ4v) is 9.14. The molecular weight excluding hydrogens is 364 g/mol.